The lowest BCUT2D eigenvalue weighted by molar-refractivity contribution is -0.154. The van der Waals surface area contributed by atoms with Crippen LogP contribution in [0.3, 0.4) is 0 Å². The third-order valence-electron chi connectivity index (χ3n) is 6.42. The Labute approximate surface area is 137 Å². The maximum Gasteiger partial charge on any atom is 0.0934 e. The van der Waals surface area contributed by atoms with Gasteiger partial charge in [0.1, 0.15) is 0 Å². The Morgan fingerprint density at radius 2 is 2.17 bits per heavy atom. The molecular formula is C19H28O4. The number of aliphatic hydroxyl groups is 3. The average Bonchev–Trinajstić information content (AvgIpc) is 3.02. The van der Waals surface area contributed by atoms with Crippen molar-refractivity contribution >= 4 is 0 Å². The summed E-state index contributed by atoms with van der Waals surface area (Å²) in [7, 11) is 0. The van der Waals surface area contributed by atoms with Gasteiger partial charge < -0.3 is 19.7 Å². The van der Waals surface area contributed by atoms with Crippen molar-refractivity contribution in [1.82, 2.24) is 0 Å². The summed E-state index contributed by atoms with van der Waals surface area (Å²) < 4.78 is 5.15. The molecule has 0 spiro atoms. The molecule has 0 bridgehead atoms. The Morgan fingerprint density at radius 3 is 2.83 bits per heavy atom. The molecule has 0 aliphatic heterocycles. The van der Waals surface area contributed by atoms with Crippen molar-refractivity contribution in [2.24, 2.45) is 23.2 Å². The summed E-state index contributed by atoms with van der Waals surface area (Å²) in [5.74, 6) is 0.284. The van der Waals surface area contributed by atoms with Crippen LogP contribution in [0.1, 0.15) is 38.2 Å². The third-order valence-corrected chi connectivity index (χ3v) is 6.42. The van der Waals surface area contributed by atoms with Gasteiger partial charge in [0.05, 0.1) is 24.7 Å². The normalized spacial score (nSPS) is 40.9. The molecule has 2 fully saturated rings. The van der Waals surface area contributed by atoms with Crippen LogP contribution in [-0.2, 0) is 6.42 Å². The van der Waals surface area contributed by atoms with E-state index in [9.17, 15) is 15.3 Å². The average molecular weight is 320 g/mol. The Bertz CT molecular complexity index is 538. The summed E-state index contributed by atoms with van der Waals surface area (Å²) in [5.41, 5.74) is 2.30. The van der Waals surface area contributed by atoms with E-state index < -0.39 is 12.2 Å². The molecule has 2 aliphatic carbocycles. The van der Waals surface area contributed by atoms with E-state index in [4.69, 9.17) is 4.42 Å². The molecule has 23 heavy (non-hydrogen) atoms. The zero-order chi connectivity index (χ0) is 16.6. The van der Waals surface area contributed by atoms with E-state index in [1.807, 2.05) is 6.07 Å². The topological polar surface area (TPSA) is 73.8 Å². The van der Waals surface area contributed by atoms with Crippen molar-refractivity contribution in [3.8, 4) is 0 Å². The second-order valence-electron chi connectivity index (χ2n) is 7.64. The quantitative estimate of drug-likeness (QED) is 0.745. The van der Waals surface area contributed by atoms with Crippen molar-refractivity contribution in [3.05, 3.63) is 36.3 Å². The molecule has 0 radical (unpaired) electrons. The molecular weight excluding hydrogens is 292 g/mol. The number of aryl methyl sites for hydroxylation is 1. The number of hydrogen-bond acceptors (Lipinski definition) is 4. The van der Waals surface area contributed by atoms with Gasteiger partial charge in [-0.1, -0.05) is 19.1 Å². The number of furan rings is 1. The van der Waals surface area contributed by atoms with Crippen molar-refractivity contribution in [2.45, 2.75) is 51.2 Å². The molecule has 0 amide bonds. The minimum absolute atomic E-state index is 0.0700. The summed E-state index contributed by atoms with van der Waals surface area (Å²) in [4.78, 5) is 0. The number of hydrogen-bond donors (Lipinski definition) is 3. The van der Waals surface area contributed by atoms with E-state index in [-0.39, 0.29) is 23.9 Å². The fourth-order valence-corrected chi connectivity index (χ4v) is 5.18. The lowest BCUT2D eigenvalue weighted by Gasteiger charge is -2.57. The number of aliphatic hydroxyl groups excluding tert-OH is 3. The Kier molecular flexibility index (Phi) is 4.68. The first-order valence-corrected chi connectivity index (χ1v) is 8.63. The van der Waals surface area contributed by atoms with Crippen LogP contribution < -0.4 is 0 Å². The molecule has 3 rings (SSSR count). The van der Waals surface area contributed by atoms with Crippen LogP contribution in [0.25, 0.3) is 0 Å². The molecule has 0 saturated heterocycles. The van der Waals surface area contributed by atoms with Crippen molar-refractivity contribution in [2.75, 3.05) is 6.61 Å². The van der Waals surface area contributed by atoms with Crippen LogP contribution >= 0.6 is 0 Å². The van der Waals surface area contributed by atoms with Gasteiger partial charge in [-0.2, -0.15) is 0 Å². The highest BCUT2D eigenvalue weighted by Crippen LogP contribution is 2.57. The summed E-state index contributed by atoms with van der Waals surface area (Å²) in [5, 5.41) is 30.4. The summed E-state index contributed by atoms with van der Waals surface area (Å²) >= 11 is 0. The van der Waals surface area contributed by atoms with Gasteiger partial charge in [0.25, 0.3) is 0 Å². The third kappa shape index (κ3) is 2.88. The Morgan fingerprint density at radius 1 is 1.39 bits per heavy atom. The zero-order valence-electron chi connectivity index (χ0n) is 13.8. The molecule has 128 valence electrons. The van der Waals surface area contributed by atoms with E-state index in [2.05, 4.69) is 13.5 Å². The van der Waals surface area contributed by atoms with E-state index in [0.717, 1.165) is 25.7 Å². The van der Waals surface area contributed by atoms with Crippen LogP contribution in [0.2, 0.25) is 0 Å². The van der Waals surface area contributed by atoms with E-state index in [1.165, 1.54) is 11.1 Å². The van der Waals surface area contributed by atoms with Crippen molar-refractivity contribution in [3.63, 3.8) is 0 Å². The molecule has 0 aromatic carbocycles. The highest BCUT2D eigenvalue weighted by molar-refractivity contribution is 5.17. The summed E-state index contributed by atoms with van der Waals surface area (Å²) in [6, 6.07) is 1.99. The van der Waals surface area contributed by atoms with Crippen LogP contribution in [0.5, 0.6) is 0 Å². The number of fused-ring (bicyclic) bond motifs is 1. The molecule has 4 nitrogen and oxygen atoms in total. The molecule has 6 atom stereocenters. The Hall–Kier alpha value is -1.10. The molecule has 6 unspecified atom stereocenters. The van der Waals surface area contributed by atoms with E-state index in [0.29, 0.717) is 12.3 Å². The first kappa shape index (κ1) is 16.7. The standard InChI is InChI=1S/C19H28O4/c1-12-3-5-16-14(10-20)18(22)17(21)9-19(16,2)15(12)6-4-13-7-8-23-11-13/h7-8,11,14-18,20-22H,1,3-6,9-10H2,2H3. The molecule has 4 heteroatoms. The molecule has 2 aliphatic rings. The van der Waals surface area contributed by atoms with Crippen LogP contribution in [-0.4, -0.2) is 34.1 Å². The summed E-state index contributed by atoms with van der Waals surface area (Å²) in [6.45, 7) is 6.43. The smallest absolute Gasteiger partial charge is 0.0934 e. The van der Waals surface area contributed by atoms with Crippen LogP contribution in [0.15, 0.2) is 35.2 Å². The minimum atomic E-state index is -0.820. The summed E-state index contributed by atoms with van der Waals surface area (Å²) in [6.07, 6.45) is 6.22. The maximum atomic E-state index is 10.3. The Balaban J connectivity index is 1.83. The zero-order valence-corrected chi connectivity index (χ0v) is 13.8. The predicted octanol–water partition coefficient (Wildman–Crippen LogP) is 2.53. The SMILES string of the molecule is C=C1CCC2C(CO)C(O)C(O)CC2(C)C1CCc1ccoc1. The van der Waals surface area contributed by atoms with Gasteiger partial charge in [-0.15, -0.1) is 0 Å². The molecule has 1 aromatic rings. The second-order valence-corrected chi connectivity index (χ2v) is 7.64. The number of allylic oxidation sites excluding steroid dienone is 1. The molecule has 1 aromatic heterocycles. The first-order chi connectivity index (χ1) is 11.0. The second kappa shape index (κ2) is 6.42. The van der Waals surface area contributed by atoms with Gasteiger partial charge in [0.2, 0.25) is 0 Å². The fourth-order valence-electron chi connectivity index (χ4n) is 5.18. The van der Waals surface area contributed by atoms with E-state index in [1.54, 1.807) is 12.5 Å². The van der Waals surface area contributed by atoms with Gasteiger partial charge in [-0.05, 0) is 61.0 Å². The molecule has 3 N–H and O–H groups in total. The van der Waals surface area contributed by atoms with E-state index >= 15 is 0 Å². The number of rotatable bonds is 4. The molecule has 2 saturated carbocycles. The van der Waals surface area contributed by atoms with Crippen LogP contribution in [0, 0.1) is 23.2 Å². The first-order valence-electron chi connectivity index (χ1n) is 8.63. The predicted molar refractivity (Wildman–Crippen MR) is 87.7 cm³/mol. The van der Waals surface area contributed by atoms with Gasteiger partial charge in [-0.3, -0.25) is 0 Å². The highest BCUT2D eigenvalue weighted by atomic mass is 16.3. The monoisotopic (exact) mass is 320 g/mol. The van der Waals surface area contributed by atoms with Gasteiger partial charge in [-0.25, -0.2) is 0 Å². The largest absolute Gasteiger partial charge is 0.472 e. The van der Waals surface area contributed by atoms with Gasteiger partial charge in [0, 0.05) is 12.5 Å². The lowest BCUT2D eigenvalue weighted by Crippen LogP contribution is -2.57. The minimum Gasteiger partial charge on any atom is -0.472 e. The molecule has 1 heterocycles. The van der Waals surface area contributed by atoms with Crippen molar-refractivity contribution < 1.29 is 19.7 Å². The van der Waals surface area contributed by atoms with Gasteiger partial charge >= 0.3 is 0 Å². The van der Waals surface area contributed by atoms with Gasteiger partial charge in [0.15, 0.2) is 0 Å². The van der Waals surface area contributed by atoms with Crippen molar-refractivity contribution in [1.29, 1.82) is 0 Å². The van der Waals surface area contributed by atoms with Crippen LogP contribution in [0.4, 0.5) is 0 Å². The highest BCUT2D eigenvalue weighted by Gasteiger charge is 2.54. The maximum absolute atomic E-state index is 10.3. The lowest BCUT2D eigenvalue weighted by atomic mass is 9.49. The fraction of sp³-hybridized carbons (Fsp3) is 0.684.